The Labute approximate surface area is 210 Å². The third kappa shape index (κ3) is 5.12. The summed E-state index contributed by atoms with van der Waals surface area (Å²) >= 11 is 0. The van der Waals surface area contributed by atoms with E-state index in [-0.39, 0.29) is 11.3 Å². The summed E-state index contributed by atoms with van der Waals surface area (Å²) in [7, 11) is 0. The van der Waals surface area contributed by atoms with Crippen molar-refractivity contribution < 1.29 is 24.2 Å². The first-order valence-electron chi connectivity index (χ1n) is 12.1. The maximum atomic E-state index is 13.3. The molecule has 1 atom stereocenters. The summed E-state index contributed by atoms with van der Waals surface area (Å²) < 4.78 is 13.4. The highest BCUT2D eigenvalue weighted by molar-refractivity contribution is 6.46. The van der Waals surface area contributed by atoms with Gasteiger partial charge in [0.15, 0.2) is 11.5 Å². The molecule has 1 saturated heterocycles. The molecule has 0 radical (unpaired) electrons. The number of rotatable bonds is 10. The Balaban J connectivity index is 1.77. The number of nitrogens with zero attached hydrogens (tertiary/aromatic N) is 3. The summed E-state index contributed by atoms with van der Waals surface area (Å²) in [5.41, 5.74) is 2.24. The zero-order chi connectivity index (χ0) is 25.7. The Kier molecular flexibility index (Phi) is 7.73. The Hall–Kier alpha value is -4.07. The van der Waals surface area contributed by atoms with Gasteiger partial charge in [0, 0.05) is 31.0 Å². The quantitative estimate of drug-likeness (QED) is 0.256. The molecule has 3 aromatic rings. The van der Waals surface area contributed by atoms with Crippen LogP contribution in [0.25, 0.3) is 5.76 Å². The van der Waals surface area contributed by atoms with E-state index < -0.39 is 17.7 Å². The lowest BCUT2D eigenvalue weighted by Crippen LogP contribution is -2.31. The zero-order valence-corrected chi connectivity index (χ0v) is 20.8. The largest absolute Gasteiger partial charge is 0.507 e. The van der Waals surface area contributed by atoms with Gasteiger partial charge in [-0.2, -0.15) is 0 Å². The highest BCUT2D eigenvalue weighted by atomic mass is 16.5. The van der Waals surface area contributed by atoms with Crippen molar-refractivity contribution in [2.24, 2.45) is 0 Å². The van der Waals surface area contributed by atoms with Crippen molar-refractivity contribution in [3.05, 3.63) is 83.4 Å². The number of benzene rings is 2. The monoisotopic (exact) mass is 489 g/mol. The highest BCUT2D eigenvalue weighted by Crippen LogP contribution is 2.42. The number of imidazole rings is 1. The number of hydrogen-bond acceptors (Lipinski definition) is 6. The first-order valence-corrected chi connectivity index (χ1v) is 12.1. The summed E-state index contributed by atoms with van der Waals surface area (Å²) in [6.45, 7) is 7.58. The SMILES string of the molecule is CCOc1ccc([C@H]2/C(=C(\O)c3ccc(C)cc3)C(=O)C(=O)N2CCCn2ccnc2)cc1OCC. The predicted octanol–water partition coefficient (Wildman–Crippen LogP) is 4.50. The van der Waals surface area contributed by atoms with Gasteiger partial charge < -0.3 is 24.0 Å². The number of amides is 1. The maximum absolute atomic E-state index is 13.3. The second-order valence-electron chi connectivity index (χ2n) is 8.58. The van der Waals surface area contributed by atoms with E-state index in [2.05, 4.69) is 4.98 Å². The minimum Gasteiger partial charge on any atom is -0.507 e. The molecule has 1 aliphatic rings. The lowest BCUT2D eigenvalue weighted by Gasteiger charge is -2.26. The van der Waals surface area contributed by atoms with Crippen LogP contribution in [0.4, 0.5) is 0 Å². The van der Waals surface area contributed by atoms with E-state index in [0.717, 1.165) is 5.56 Å². The Morgan fingerprint density at radius 2 is 1.72 bits per heavy atom. The van der Waals surface area contributed by atoms with Gasteiger partial charge in [-0.05, 0) is 44.9 Å². The fourth-order valence-corrected chi connectivity index (χ4v) is 4.40. The molecule has 1 fully saturated rings. The molecule has 1 aromatic heterocycles. The van der Waals surface area contributed by atoms with Crippen LogP contribution in [0.3, 0.4) is 0 Å². The molecule has 0 spiro atoms. The van der Waals surface area contributed by atoms with Crippen molar-refractivity contribution in [2.45, 2.75) is 39.8 Å². The van der Waals surface area contributed by atoms with Crippen LogP contribution in [0.15, 0.2) is 66.8 Å². The van der Waals surface area contributed by atoms with Gasteiger partial charge >= 0.3 is 0 Å². The van der Waals surface area contributed by atoms with Crippen molar-refractivity contribution >= 4 is 17.4 Å². The molecule has 8 nitrogen and oxygen atoms in total. The molecular formula is C28H31N3O5. The van der Waals surface area contributed by atoms with E-state index in [1.165, 1.54) is 4.90 Å². The molecule has 1 aliphatic heterocycles. The van der Waals surface area contributed by atoms with Gasteiger partial charge in [-0.25, -0.2) is 4.98 Å². The molecule has 2 aromatic carbocycles. The number of aliphatic hydroxyl groups excluding tert-OH is 1. The molecule has 0 aliphatic carbocycles. The molecule has 36 heavy (non-hydrogen) atoms. The normalized spacial score (nSPS) is 17.0. The number of ether oxygens (including phenoxy) is 2. The predicted molar refractivity (Wildman–Crippen MR) is 136 cm³/mol. The third-order valence-electron chi connectivity index (χ3n) is 6.12. The summed E-state index contributed by atoms with van der Waals surface area (Å²) in [6, 6.07) is 11.8. The van der Waals surface area contributed by atoms with Crippen LogP contribution in [0.1, 0.15) is 43.0 Å². The number of carbonyl (C=O) groups excluding carboxylic acids is 2. The van der Waals surface area contributed by atoms with Crippen molar-refractivity contribution in [1.82, 2.24) is 14.5 Å². The van der Waals surface area contributed by atoms with Crippen LogP contribution < -0.4 is 9.47 Å². The summed E-state index contributed by atoms with van der Waals surface area (Å²) in [5, 5.41) is 11.2. The fourth-order valence-electron chi connectivity index (χ4n) is 4.40. The Morgan fingerprint density at radius 1 is 1.00 bits per heavy atom. The first kappa shape index (κ1) is 25.0. The average Bonchev–Trinajstić information content (AvgIpc) is 3.48. The zero-order valence-electron chi connectivity index (χ0n) is 20.8. The van der Waals surface area contributed by atoms with Crippen LogP contribution in [0.5, 0.6) is 11.5 Å². The van der Waals surface area contributed by atoms with E-state index in [0.29, 0.717) is 55.4 Å². The minimum atomic E-state index is -0.760. The molecule has 8 heteroatoms. The fraction of sp³-hybridized carbons (Fsp3) is 0.321. The Morgan fingerprint density at radius 3 is 2.39 bits per heavy atom. The number of likely N-dealkylation sites (tertiary alicyclic amines) is 1. The van der Waals surface area contributed by atoms with Crippen molar-refractivity contribution in [1.29, 1.82) is 0 Å². The van der Waals surface area contributed by atoms with E-state index in [1.807, 2.05) is 49.7 Å². The van der Waals surface area contributed by atoms with E-state index in [4.69, 9.17) is 9.47 Å². The van der Waals surface area contributed by atoms with E-state index in [9.17, 15) is 14.7 Å². The summed E-state index contributed by atoms with van der Waals surface area (Å²) in [4.78, 5) is 32.1. The van der Waals surface area contributed by atoms with Gasteiger partial charge in [-0.3, -0.25) is 9.59 Å². The number of aryl methyl sites for hydroxylation is 2. The molecule has 188 valence electrons. The standard InChI is InChI=1S/C28H31N3O5/c1-4-35-22-12-11-21(17-23(22)36-5-2)25-24(26(32)20-9-7-19(3)8-10-20)27(33)28(34)31(25)15-6-14-30-16-13-29-18-30/h7-13,16-18,25,32H,4-6,14-15H2,1-3H3/b26-24+/t25-/m0/s1. The van der Waals surface area contributed by atoms with Crippen molar-refractivity contribution in [2.75, 3.05) is 19.8 Å². The minimum absolute atomic E-state index is 0.0677. The topological polar surface area (TPSA) is 93.9 Å². The second kappa shape index (κ2) is 11.1. The first-order chi connectivity index (χ1) is 17.4. The van der Waals surface area contributed by atoms with Crippen LogP contribution in [-0.2, 0) is 16.1 Å². The number of aromatic nitrogens is 2. The summed E-state index contributed by atoms with van der Waals surface area (Å²) in [6.07, 6.45) is 5.87. The smallest absolute Gasteiger partial charge is 0.295 e. The van der Waals surface area contributed by atoms with Crippen LogP contribution in [0, 0.1) is 6.92 Å². The molecular weight excluding hydrogens is 458 g/mol. The lowest BCUT2D eigenvalue weighted by molar-refractivity contribution is -0.139. The van der Waals surface area contributed by atoms with Gasteiger partial charge in [0.25, 0.3) is 11.7 Å². The lowest BCUT2D eigenvalue weighted by atomic mass is 9.94. The molecule has 4 rings (SSSR count). The van der Waals surface area contributed by atoms with Gasteiger partial charge in [0.2, 0.25) is 0 Å². The van der Waals surface area contributed by atoms with Crippen molar-refractivity contribution in [3.8, 4) is 11.5 Å². The number of ketones is 1. The summed E-state index contributed by atoms with van der Waals surface area (Å²) in [5.74, 6) is -0.420. The van der Waals surface area contributed by atoms with Crippen LogP contribution in [-0.4, -0.2) is 51.0 Å². The van der Waals surface area contributed by atoms with Crippen LogP contribution >= 0.6 is 0 Å². The molecule has 2 heterocycles. The van der Waals surface area contributed by atoms with Gasteiger partial charge in [-0.1, -0.05) is 35.9 Å². The number of hydrogen-bond donors (Lipinski definition) is 1. The maximum Gasteiger partial charge on any atom is 0.295 e. The average molecular weight is 490 g/mol. The second-order valence-corrected chi connectivity index (χ2v) is 8.58. The third-order valence-corrected chi connectivity index (χ3v) is 6.12. The highest BCUT2D eigenvalue weighted by Gasteiger charge is 2.46. The van der Waals surface area contributed by atoms with Gasteiger partial charge in [0.05, 0.1) is 31.2 Å². The van der Waals surface area contributed by atoms with Gasteiger partial charge in [0.1, 0.15) is 5.76 Å². The number of carbonyl (C=O) groups is 2. The molecule has 1 N–H and O–H groups in total. The molecule has 0 bridgehead atoms. The van der Waals surface area contributed by atoms with Crippen molar-refractivity contribution in [3.63, 3.8) is 0 Å². The van der Waals surface area contributed by atoms with Gasteiger partial charge in [-0.15, -0.1) is 0 Å². The molecule has 0 saturated carbocycles. The Bertz CT molecular complexity index is 1250. The van der Waals surface area contributed by atoms with E-state index >= 15 is 0 Å². The van der Waals surface area contributed by atoms with E-state index in [1.54, 1.807) is 36.8 Å². The number of aliphatic hydroxyl groups is 1. The number of Topliss-reactive ketones (excluding diaryl/α,β-unsaturated/α-hetero) is 1. The molecule has 1 amide bonds. The molecule has 0 unspecified atom stereocenters. The van der Waals surface area contributed by atoms with Crippen LogP contribution in [0.2, 0.25) is 0 Å².